The standard InChI is InChI=1S/C23H22F2/c1-2-3-4-5-17-6-8-18(9-7-17)20-12-15-22(23(25)16-20)19-10-13-21(24)14-11-19/h6-16H,2-5H2,1H3. The Morgan fingerprint density at radius 2 is 1.32 bits per heavy atom. The number of hydrogen-bond acceptors (Lipinski definition) is 0. The molecule has 0 heterocycles. The van der Waals surface area contributed by atoms with Crippen molar-refractivity contribution in [3.63, 3.8) is 0 Å². The summed E-state index contributed by atoms with van der Waals surface area (Å²) in [6, 6.07) is 19.4. The zero-order valence-corrected chi connectivity index (χ0v) is 14.4. The molecule has 0 N–H and O–H groups in total. The van der Waals surface area contributed by atoms with Gasteiger partial charge in [0.25, 0.3) is 0 Å². The Bertz CT molecular complexity index is 818. The highest BCUT2D eigenvalue weighted by atomic mass is 19.1. The van der Waals surface area contributed by atoms with Crippen molar-refractivity contribution < 1.29 is 8.78 Å². The molecule has 0 bridgehead atoms. The lowest BCUT2D eigenvalue weighted by Gasteiger charge is -2.08. The van der Waals surface area contributed by atoms with Gasteiger partial charge >= 0.3 is 0 Å². The van der Waals surface area contributed by atoms with E-state index in [0.717, 1.165) is 17.5 Å². The maximum absolute atomic E-state index is 14.5. The summed E-state index contributed by atoms with van der Waals surface area (Å²) in [5.74, 6) is -0.615. The van der Waals surface area contributed by atoms with Crippen LogP contribution in [0.4, 0.5) is 8.78 Å². The monoisotopic (exact) mass is 336 g/mol. The predicted octanol–water partition coefficient (Wildman–Crippen LogP) is 7.03. The normalized spacial score (nSPS) is 10.8. The maximum atomic E-state index is 14.5. The molecule has 0 radical (unpaired) electrons. The minimum atomic E-state index is -0.320. The predicted molar refractivity (Wildman–Crippen MR) is 100 cm³/mol. The summed E-state index contributed by atoms with van der Waals surface area (Å²) in [5.41, 5.74) is 4.34. The van der Waals surface area contributed by atoms with Gasteiger partial charge in [-0.05, 0) is 53.3 Å². The van der Waals surface area contributed by atoms with Crippen LogP contribution in [-0.2, 0) is 6.42 Å². The summed E-state index contributed by atoms with van der Waals surface area (Å²) < 4.78 is 27.5. The topological polar surface area (TPSA) is 0 Å². The van der Waals surface area contributed by atoms with Gasteiger partial charge in [-0.2, -0.15) is 0 Å². The molecule has 0 saturated carbocycles. The van der Waals surface area contributed by atoms with Crippen molar-refractivity contribution in [2.24, 2.45) is 0 Å². The van der Waals surface area contributed by atoms with Crippen molar-refractivity contribution in [2.45, 2.75) is 32.6 Å². The fourth-order valence-corrected chi connectivity index (χ4v) is 3.00. The van der Waals surface area contributed by atoms with Gasteiger partial charge < -0.3 is 0 Å². The highest BCUT2D eigenvalue weighted by Crippen LogP contribution is 2.28. The van der Waals surface area contributed by atoms with E-state index in [4.69, 9.17) is 0 Å². The summed E-state index contributed by atoms with van der Waals surface area (Å²) in [6.07, 6.45) is 4.76. The van der Waals surface area contributed by atoms with Crippen LogP contribution in [0.25, 0.3) is 22.3 Å². The minimum Gasteiger partial charge on any atom is -0.207 e. The summed E-state index contributed by atoms with van der Waals surface area (Å²) in [7, 11) is 0. The molecule has 3 aromatic rings. The molecular weight excluding hydrogens is 314 g/mol. The fraction of sp³-hybridized carbons (Fsp3) is 0.217. The Kier molecular flexibility index (Phi) is 5.60. The first-order valence-corrected chi connectivity index (χ1v) is 8.82. The highest BCUT2D eigenvalue weighted by Gasteiger charge is 2.08. The van der Waals surface area contributed by atoms with Gasteiger partial charge in [0, 0.05) is 5.56 Å². The SMILES string of the molecule is CCCCCc1ccc(-c2ccc(-c3ccc(F)cc3)c(F)c2)cc1. The van der Waals surface area contributed by atoms with E-state index in [2.05, 4.69) is 19.1 Å². The van der Waals surface area contributed by atoms with E-state index < -0.39 is 0 Å². The van der Waals surface area contributed by atoms with Gasteiger partial charge in [-0.15, -0.1) is 0 Å². The molecule has 0 atom stereocenters. The number of hydrogen-bond donors (Lipinski definition) is 0. The highest BCUT2D eigenvalue weighted by molar-refractivity contribution is 5.71. The molecule has 0 aliphatic rings. The average Bonchev–Trinajstić information content (AvgIpc) is 2.63. The molecule has 0 spiro atoms. The molecule has 0 fully saturated rings. The minimum absolute atomic E-state index is 0.295. The molecule has 3 rings (SSSR count). The molecule has 0 saturated heterocycles. The second kappa shape index (κ2) is 8.06. The molecule has 3 aromatic carbocycles. The maximum Gasteiger partial charge on any atom is 0.131 e. The zero-order chi connectivity index (χ0) is 17.6. The van der Waals surface area contributed by atoms with Gasteiger partial charge in [0.2, 0.25) is 0 Å². The van der Waals surface area contributed by atoms with Crippen LogP contribution < -0.4 is 0 Å². The van der Waals surface area contributed by atoms with Crippen LogP contribution in [0.1, 0.15) is 31.7 Å². The molecular formula is C23H22F2. The van der Waals surface area contributed by atoms with E-state index in [-0.39, 0.29) is 11.6 Å². The summed E-state index contributed by atoms with van der Waals surface area (Å²) in [4.78, 5) is 0. The first-order chi connectivity index (χ1) is 12.2. The third kappa shape index (κ3) is 4.33. The fourth-order valence-electron chi connectivity index (χ4n) is 3.00. The molecule has 0 aliphatic heterocycles. The van der Waals surface area contributed by atoms with Crippen LogP contribution >= 0.6 is 0 Å². The Labute approximate surface area is 148 Å². The second-order valence-electron chi connectivity index (χ2n) is 6.36. The van der Waals surface area contributed by atoms with Gasteiger partial charge in [0.15, 0.2) is 0 Å². The van der Waals surface area contributed by atoms with Crippen molar-refractivity contribution in [1.29, 1.82) is 0 Å². The third-order valence-electron chi connectivity index (χ3n) is 4.48. The summed E-state index contributed by atoms with van der Waals surface area (Å²) in [5, 5.41) is 0. The largest absolute Gasteiger partial charge is 0.207 e. The van der Waals surface area contributed by atoms with Crippen molar-refractivity contribution >= 4 is 0 Å². The lowest BCUT2D eigenvalue weighted by atomic mass is 9.98. The number of benzene rings is 3. The van der Waals surface area contributed by atoms with Crippen molar-refractivity contribution in [3.8, 4) is 22.3 Å². The van der Waals surface area contributed by atoms with Crippen molar-refractivity contribution in [1.82, 2.24) is 0 Å². The molecule has 0 amide bonds. The van der Waals surface area contributed by atoms with E-state index in [1.807, 2.05) is 18.2 Å². The molecule has 2 heteroatoms. The number of unbranched alkanes of at least 4 members (excludes halogenated alkanes) is 2. The van der Waals surface area contributed by atoms with E-state index in [1.165, 1.54) is 37.0 Å². The lowest BCUT2D eigenvalue weighted by molar-refractivity contribution is 0.626. The zero-order valence-electron chi connectivity index (χ0n) is 14.4. The van der Waals surface area contributed by atoms with Gasteiger partial charge in [0.05, 0.1) is 0 Å². The summed E-state index contributed by atoms with van der Waals surface area (Å²) >= 11 is 0. The number of rotatable bonds is 6. The Morgan fingerprint density at radius 3 is 1.96 bits per heavy atom. The van der Waals surface area contributed by atoms with E-state index >= 15 is 0 Å². The lowest BCUT2D eigenvalue weighted by Crippen LogP contribution is -1.88. The molecule has 0 unspecified atom stereocenters. The first kappa shape index (κ1) is 17.3. The summed E-state index contributed by atoms with van der Waals surface area (Å²) in [6.45, 7) is 2.20. The van der Waals surface area contributed by atoms with Crippen LogP contribution in [0.2, 0.25) is 0 Å². The van der Waals surface area contributed by atoms with Gasteiger partial charge in [-0.1, -0.05) is 68.3 Å². The second-order valence-corrected chi connectivity index (χ2v) is 6.36. The van der Waals surface area contributed by atoms with E-state index in [0.29, 0.717) is 11.1 Å². The van der Waals surface area contributed by atoms with Crippen molar-refractivity contribution in [2.75, 3.05) is 0 Å². The van der Waals surface area contributed by atoms with E-state index in [1.54, 1.807) is 24.3 Å². The van der Waals surface area contributed by atoms with Crippen LogP contribution in [0.5, 0.6) is 0 Å². The molecule has 128 valence electrons. The third-order valence-corrected chi connectivity index (χ3v) is 4.48. The smallest absolute Gasteiger partial charge is 0.131 e. The number of halogens is 2. The van der Waals surface area contributed by atoms with Gasteiger partial charge in [-0.3, -0.25) is 0 Å². The van der Waals surface area contributed by atoms with Gasteiger partial charge in [0.1, 0.15) is 11.6 Å². The molecule has 0 nitrogen and oxygen atoms in total. The average molecular weight is 336 g/mol. The van der Waals surface area contributed by atoms with Crippen LogP contribution in [0.15, 0.2) is 66.7 Å². The molecule has 0 aliphatic carbocycles. The van der Waals surface area contributed by atoms with Crippen LogP contribution in [0, 0.1) is 11.6 Å². The quantitative estimate of drug-likeness (QED) is 0.424. The van der Waals surface area contributed by atoms with Gasteiger partial charge in [-0.25, -0.2) is 8.78 Å². The van der Waals surface area contributed by atoms with E-state index in [9.17, 15) is 8.78 Å². The first-order valence-electron chi connectivity index (χ1n) is 8.82. The van der Waals surface area contributed by atoms with Crippen molar-refractivity contribution in [3.05, 3.63) is 83.9 Å². The molecule has 0 aromatic heterocycles. The Morgan fingerprint density at radius 1 is 0.680 bits per heavy atom. The van der Waals surface area contributed by atoms with Crippen LogP contribution in [-0.4, -0.2) is 0 Å². The molecule has 25 heavy (non-hydrogen) atoms. The van der Waals surface area contributed by atoms with Crippen LogP contribution in [0.3, 0.4) is 0 Å². The Balaban J connectivity index is 1.79. The Hall–Kier alpha value is -2.48. The number of aryl methyl sites for hydroxylation is 1.